The number of halogens is 1. The second-order valence-electron chi connectivity index (χ2n) is 4.99. The van der Waals surface area contributed by atoms with Gasteiger partial charge in [0.25, 0.3) is 0 Å². The van der Waals surface area contributed by atoms with Crippen molar-refractivity contribution < 1.29 is 0 Å². The number of hydrogen-bond donors (Lipinski definition) is 1. The van der Waals surface area contributed by atoms with Crippen molar-refractivity contribution >= 4 is 22.9 Å². The summed E-state index contributed by atoms with van der Waals surface area (Å²) < 4.78 is 0.890. The molecule has 1 aromatic heterocycles. The maximum Gasteiger partial charge on any atom is 0.0931 e. The summed E-state index contributed by atoms with van der Waals surface area (Å²) in [6.07, 6.45) is 5.39. The lowest BCUT2D eigenvalue weighted by atomic mass is 9.87. The lowest BCUT2D eigenvalue weighted by molar-refractivity contribution is 0.292. The van der Waals surface area contributed by atoms with Crippen LogP contribution in [0.2, 0.25) is 4.34 Å². The Labute approximate surface area is 107 Å². The zero-order valence-corrected chi connectivity index (χ0v) is 11.6. The van der Waals surface area contributed by atoms with E-state index in [1.54, 1.807) is 11.3 Å². The molecule has 1 fully saturated rings. The van der Waals surface area contributed by atoms with Gasteiger partial charge >= 0.3 is 0 Å². The van der Waals surface area contributed by atoms with Crippen LogP contribution in [0.4, 0.5) is 0 Å². The number of nitrogens with one attached hydrogen (secondary N) is 1. The molecule has 16 heavy (non-hydrogen) atoms. The molecule has 1 heterocycles. The molecule has 1 aliphatic rings. The normalized spacial score (nSPS) is 27.9. The summed E-state index contributed by atoms with van der Waals surface area (Å²) in [6.45, 7) is 4.60. The summed E-state index contributed by atoms with van der Waals surface area (Å²) in [4.78, 5) is 1.35. The largest absolute Gasteiger partial charge is 0.307 e. The third kappa shape index (κ3) is 3.22. The molecular weight excluding hydrogens is 238 g/mol. The van der Waals surface area contributed by atoms with Crippen LogP contribution in [0.5, 0.6) is 0 Å². The molecule has 0 bridgehead atoms. The van der Waals surface area contributed by atoms with E-state index in [0.29, 0.717) is 12.1 Å². The van der Waals surface area contributed by atoms with Gasteiger partial charge in [-0.15, -0.1) is 11.3 Å². The Morgan fingerprint density at radius 1 is 1.31 bits per heavy atom. The van der Waals surface area contributed by atoms with Crippen LogP contribution in [0, 0.1) is 5.92 Å². The van der Waals surface area contributed by atoms with E-state index in [4.69, 9.17) is 11.6 Å². The minimum absolute atomic E-state index is 0.441. The lowest BCUT2D eigenvalue weighted by Gasteiger charge is -2.29. The van der Waals surface area contributed by atoms with Gasteiger partial charge in [-0.25, -0.2) is 0 Å². The number of thiophene rings is 1. The van der Waals surface area contributed by atoms with E-state index in [1.807, 2.05) is 6.07 Å². The molecule has 1 atom stereocenters. The first-order valence-corrected chi connectivity index (χ1v) is 7.36. The summed E-state index contributed by atoms with van der Waals surface area (Å²) in [7, 11) is 0. The van der Waals surface area contributed by atoms with Crippen LogP contribution in [0.15, 0.2) is 12.1 Å². The number of rotatable bonds is 3. The molecule has 0 aliphatic heterocycles. The van der Waals surface area contributed by atoms with E-state index in [0.717, 1.165) is 10.3 Å². The molecule has 3 heteroatoms. The zero-order valence-electron chi connectivity index (χ0n) is 10.0. The molecule has 0 aromatic carbocycles. The van der Waals surface area contributed by atoms with Crippen molar-refractivity contribution in [3.05, 3.63) is 21.3 Å². The maximum atomic E-state index is 5.96. The van der Waals surface area contributed by atoms with Crippen molar-refractivity contribution in [2.75, 3.05) is 0 Å². The van der Waals surface area contributed by atoms with Crippen LogP contribution >= 0.6 is 22.9 Å². The van der Waals surface area contributed by atoms with Crippen LogP contribution in [0.1, 0.15) is 50.4 Å². The second kappa shape index (κ2) is 5.52. The molecule has 0 amide bonds. The van der Waals surface area contributed by atoms with E-state index in [2.05, 4.69) is 25.2 Å². The predicted octanol–water partition coefficient (Wildman–Crippen LogP) is 4.63. The van der Waals surface area contributed by atoms with Crippen molar-refractivity contribution in [3.8, 4) is 0 Å². The Balaban J connectivity index is 1.85. The van der Waals surface area contributed by atoms with Crippen LogP contribution in [-0.4, -0.2) is 6.04 Å². The SMILES string of the molecule is CC1CCC(NC(C)c2ccc(Cl)s2)CC1. The highest BCUT2D eigenvalue weighted by atomic mass is 35.5. The molecule has 1 aromatic rings. The van der Waals surface area contributed by atoms with Gasteiger partial charge in [-0.2, -0.15) is 0 Å². The van der Waals surface area contributed by atoms with Crippen molar-refractivity contribution in [3.63, 3.8) is 0 Å². The fourth-order valence-electron chi connectivity index (χ4n) is 2.42. The summed E-state index contributed by atoms with van der Waals surface area (Å²) >= 11 is 7.64. The van der Waals surface area contributed by atoms with Gasteiger partial charge < -0.3 is 5.32 Å². The van der Waals surface area contributed by atoms with Crippen LogP contribution < -0.4 is 5.32 Å². The quantitative estimate of drug-likeness (QED) is 0.833. The number of hydrogen-bond acceptors (Lipinski definition) is 2. The first-order valence-electron chi connectivity index (χ1n) is 6.16. The topological polar surface area (TPSA) is 12.0 Å². The molecule has 0 radical (unpaired) electrons. The van der Waals surface area contributed by atoms with Crippen molar-refractivity contribution in [1.82, 2.24) is 5.32 Å². The molecule has 1 saturated carbocycles. The maximum absolute atomic E-state index is 5.96. The van der Waals surface area contributed by atoms with E-state index in [1.165, 1.54) is 30.6 Å². The molecule has 0 saturated heterocycles. The van der Waals surface area contributed by atoms with Gasteiger partial charge in [0.2, 0.25) is 0 Å². The molecule has 2 rings (SSSR count). The molecule has 1 unspecified atom stereocenters. The lowest BCUT2D eigenvalue weighted by Crippen LogP contribution is -2.34. The molecule has 0 spiro atoms. The highest BCUT2D eigenvalue weighted by Gasteiger charge is 2.20. The van der Waals surface area contributed by atoms with Crippen molar-refractivity contribution in [2.45, 2.75) is 51.6 Å². The van der Waals surface area contributed by atoms with Gasteiger partial charge in [0.15, 0.2) is 0 Å². The van der Waals surface area contributed by atoms with Crippen molar-refractivity contribution in [2.24, 2.45) is 5.92 Å². The van der Waals surface area contributed by atoms with Crippen molar-refractivity contribution in [1.29, 1.82) is 0 Å². The smallest absolute Gasteiger partial charge is 0.0931 e. The Bertz CT molecular complexity index is 328. The van der Waals surface area contributed by atoms with Gasteiger partial charge in [0.05, 0.1) is 4.34 Å². The Hall–Kier alpha value is -0.0500. The second-order valence-corrected chi connectivity index (χ2v) is 6.73. The van der Waals surface area contributed by atoms with E-state index in [9.17, 15) is 0 Å². The van der Waals surface area contributed by atoms with Gasteiger partial charge in [-0.3, -0.25) is 0 Å². The van der Waals surface area contributed by atoms with Gasteiger partial charge in [0.1, 0.15) is 0 Å². The van der Waals surface area contributed by atoms with Crippen LogP contribution in [0.25, 0.3) is 0 Å². The zero-order chi connectivity index (χ0) is 11.5. The Morgan fingerprint density at radius 2 is 2.00 bits per heavy atom. The summed E-state index contributed by atoms with van der Waals surface area (Å²) in [5, 5.41) is 3.72. The highest BCUT2D eigenvalue weighted by molar-refractivity contribution is 7.16. The molecule has 1 N–H and O–H groups in total. The molecule has 1 aliphatic carbocycles. The summed E-state index contributed by atoms with van der Waals surface area (Å²) in [5.41, 5.74) is 0. The minimum atomic E-state index is 0.441. The van der Waals surface area contributed by atoms with E-state index < -0.39 is 0 Å². The van der Waals surface area contributed by atoms with Gasteiger partial charge in [0, 0.05) is 17.0 Å². The average Bonchev–Trinajstić information content (AvgIpc) is 2.68. The van der Waals surface area contributed by atoms with E-state index >= 15 is 0 Å². The third-order valence-corrected chi connectivity index (χ3v) is 4.94. The first-order chi connectivity index (χ1) is 7.65. The Kier molecular flexibility index (Phi) is 4.28. The fraction of sp³-hybridized carbons (Fsp3) is 0.692. The van der Waals surface area contributed by atoms with Crippen LogP contribution in [-0.2, 0) is 0 Å². The minimum Gasteiger partial charge on any atom is -0.307 e. The van der Waals surface area contributed by atoms with Gasteiger partial charge in [-0.05, 0) is 50.7 Å². The van der Waals surface area contributed by atoms with Gasteiger partial charge in [-0.1, -0.05) is 18.5 Å². The fourth-order valence-corrected chi connectivity index (χ4v) is 3.50. The highest BCUT2D eigenvalue weighted by Crippen LogP contribution is 2.29. The average molecular weight is 258 g/mol. The Morgan fingerprint density at radius 3 is 2.56 bits per heavy atom. The third-order valence-electron chi connectivity index (χ3n) is 3.52. The standard InChI is InChI=1S/C13H20ClNS/c1-9-3-5-11(6-4-9)15-10(2)12-7-8-13(14)16-12/h7-11,15H,3-6H2,1-2H3. The van der Waals surface area contributed by atoms with E-state index in [-0.39, 0.29) is 0 Å². The molecular formula is C13H20ClNS. The predicted molar refractivity (Wildman–Crippen MR) is 72.3 cm³/mol. The monoisotopic (exact) mass is 257 g/mol. The molecule has 90 valence electrons. The summed E-state index contributed by atoms with van der Waals surface area (Å²) in [6, 6.07) is 5.27. The summed E-state index contributed by atoms with van der Waals surface area (Å²) in [5.74, 6) is 0.921. The first kappa shape index (κ1) is 12.4. The molecule has 1 nitrogen and oxygen atoms in total. The van der Waals surface area contributed by atoms with Crippen LogP contribution in [0.3, 0.4) is 0 Å².